The molecule has 4 nitrogen and oxygen atoms in total. The van der Waals surface area contributed by atoms with E-state index >= 15 is 0 Å². The summed E-state index contributed by atoms with van der Waals surface area (Å²) in [5.41, 5.74) is 1.19. The molecule has 1 atom stereocenters. The van der Waals surface area contributed by atoms with Gasteiger partial charge in [-0.2, -0.15) is 0 Å². The Balaban J connectivity index is 1.67. The number of likely N-dealkylation sites (tertiary alicyclic amines) is 1. The normalized spacial score (nSPS) is 18.3. The molecule has 1 heterocycles. The molecule has 0 spiro atoms. The molecule has 1 aliphatic rings. The monoisotopic (exact) mass is 304 g/mol. The van der Waals surface area contributed by atoms with E-state index in [0.717, 1.165) is 38.2 Å². The van der Waals surface area contributed by atoms with Gasteiger partial charge in [-0.1, -0.05) is 12.1 Å². The Morgan fingerprint density at radius 2 is 2.32 bits per heavy atom. The maximum Gasteiger partial charge on any atom is 0.222 e. The number of amides is 1. The van der Waals surface area contributed by atoms with E-state index in [9.17, 15) is 4.79 Å². The van der Waals surface area contributed by atoms with Crippen LogP contribution in [0, 0.1) is 12.8 Å². The van der Waals surface area contributed by atoms with E-state index in [1.54, 1.807) is 0 Å². The highest BCUT2D eigenvalue weighted by Gasteiger charge is 2.22. The van der Waals surface area contributed by atoms with Gasteiger partial charge in [-0.3, -0.25) is 4.79 Å². The summed E-state index contributed by atoms with van der Waals surface area (Å²) in [6.07, 6.45) is 3.71. The predicted octanol–water partition coefficient (Wildman–Crippen LogP) is 2.61. The fraction of sp³-hybridized carbons (Fsp3) is 0.611. The summed E-state index contributed by atoms with van der Waals surface area (Å²) in [4.78, 5) is 14.3. The van der Waals surface area contributed by atoms with Gasteiger partial charge in [0.05, 0.1) is 6.61 Å². The number of carbonyl (C=O) groups is 1. The van der Waals surface area contributed by atoms with Crippen molar-refractivity contribution in [1.29, 1.82) is 0 Å². The van der Waals surface area contributed by atoms with Crippen molar-refractivity contribution in [2.24, 2.45) is 5.92 Å². The van der Waals surface area contributed by atoms with Gasteiger partial charge >= 0.3 is 0 Å². The number of carbonyl (C=O) groups excluding carboxylic acids is 1. The standard InChI is InChI=1S/C18H28N2O2/c1-15-6-3-8-17(12-15)22-11-5-9-18(21)20-10-4-7-16(14-20)13-19-2/h3,6,8,12,16,19H,4-5,7,9-11,13-14H2,1-2H3. The summed E-state index contributed by atoms with van der Waals surface area (Å²) < 4.78 is 5.70. The third-order valence-corrected chi connectivity index (χ3v) is 4.16. The number of benzene rings is 1. The van der Waals surface area contributed by atoms with Gasteiger partial charge in [-0.05, 0) is 63.4 Å². The van der Waals surface area contributed by atoms with Crippen LogP contribution < -0.4 is 10.1 Å². The maximum absolute atomic E-state index is 12.3. The predicted molar refractivity (Wildman–Crippen MR) is 89.1 cm³/mol. The Kier molecular flexibility index (Phi) is 6.72. The molecule has 0 bridgehead atoms. The van der Waals surface area contributed by atoms with Crippen LogP contribution in [0.1, 0.15) is 31.2 Å². The minimum atomic E-state index is 0.272. The Morgan fingerprint density at radius 1 is 1.45 bits per heavy atom. The Labute approximate surface area is 133 Å². The van der Waals surface area contributed by atoms with Crippen LogP contribution in [0.25, 0.3) is 0 Å². The van der Waals surface area contributed by atoms with Crippen molar-refractivity contribution < 1.29 is 9.53 Å². The van der Waals surface area contributed by atoms with Crippen molar-refractivity contribution in [3.8, 4) is 5.75 Å². The highest BCUT2D eigenvalue weighted by molar-refractivity contribution is 5.76. The average molecular weight is 304 g/mol. The van der Waals surface area contributed by atoms with E-state index < -0.39 is 0 Å². The number of aryl methyl sites for hydroxylation is 1. The topological polar surface area (TPSA) is 41.6 Å². The first kappa shape index (κ1) is 16.8. The SMILES string of the molecule is CNCC1CCCN(C(=O)CCCOc2cccc(C)c2)C1. The fourth-order valence-corrected chi connectivity index (χ4v) is 3.02. The summed E-state index contributed by atoms with van der Waals surface area (Å²) in [7, 11) is 1.98. The summed E-state index contributed by atoms with van der Waals surface area (Å²) in [5, 5.41) is 3.21. The van der Waals surface area contributed by atoms with Crippen LogP contribution in [0.15, 0.2) is 24.3 Å². The van der Waals surface area contributed by atoms with Gasteiger partial charge in [0.25, 0.3) is 0 Å². The van der Waals surface area contributed by atoms with E-state index in [4.69, 9.17) is 4.74 Å². The van der Waals surface area contributed by atoms with E-state index in [2.05, 4.69) is 5.32 Å². The lowest BCUT2D eigenvalue weighted by molar-refractivity contribution is -0.133. The fourth-order valence-electron chi connectivity index (χ4n) is 3.02. The first-order valence-electron chi connectivity index (χ1n) is 8.31. The van der Waals surface area contributed by atoms with Crippen LogP contribution in [0.5, 0.6) is 5.75 Å². The number of rotatable bonds is 7. The zero-order valence-corrected chi connectivity index (χ0v) is 13.8. The molecular weight excluding hydrogens is 276 g/mol. The smallest absolute Gasteiger partial charge is 0.222 e. The number of nitrogens with one attached hydrogen (secondary N) is 1. The summed E-state index contributed by atoms with van der Waals surface area (Å²) in [6, 6.07) is 8.02. The molecule has 1 aromatic rings. The van der Waals surface area contributed by atoms with Gasteiger partial charge < -0.3 is 15.0 Å². The number of nitrogens with zero attached hydrogens (tertiary/aromatic N) is 1. The van der Waals surface area contributed by atoms with Crippen LogP contribution in [0.4, 0.5) is 0 Å². The number of piperidine rings is 1. The molecule has 1 unspecified atom stereocenters. The molecule has 1 N–H and O–H groups in total. The Bertz CT molecular complexity index is 474. The van der Waals surface area contributed by atoms with Crippen LogP contribution in [-0.4, -0.2) is 44.1 Å². The molecule has 0 aliphatic carbocycles. The van der Waals surface area contributed by atoms with E-state index in [1.807, 2.05) is 43.1 Å². The van der Waals surface area contributed by atoms with Crippen LogP contribution in [-0.2, 0) is 4.79 Å². The quantitative estimate of drug-likeness (QED) is 0.787. The summed E-state index contributed by atoms with van der Waals surface area (Å²) in [5.74, 6) is 1.76. The molecule has 1 aromatic carbocycles. The first-order chi connectivity index (χ1) is 10.7. The van der Waals surface area contributed by atoms with E-state index in [1.165, 1.54) is 12.0 Å². The van der Waals surface area contributed by atoms with E-state index in [-0.39, 0.29) is 5.91 Å². The lowest BCUT2D eigenvalue weighted by atomic mass is 9.97. The van der Waals surface area contributed by atoms with Crippen molar-refractivity contribution in [2.75, 3.05) is 33.3 Å². The lowest BCUT2D eigenvalue weighted by Gasteiger charge is -2.32. The van der Waals surface area contributed by atoms with Gasteiger partial charge in [-0.15, -0.1) is 0 Å². The van der Waals surface area contributed by atoms with E-state index in [0.29, 0.717) is 18.9 Å². The molecule has 0 radical (unpaired) electrons. The minimum absolute atomic E-state index is 0.272. The lowest BCUT2D eigenvalue weighted by Crippen LogP contribution is -2.42. The van der Waals surface area contributed by atoms with Crippen molar-refractivity contribution >= 4 is 5.91 Å². The first-order valence-corrected chi connectivity index (χ1v) is 8.31. The molecule has 4 heteroatoms. The van der Waals surface area contributed by atoms with Crippen LogP contribution in [0.3, 0.4) is 0 Å². The zero-order valence-electron chi connectivity index (χ0n) is 13.8. The Morgan fingerprint density at radius 3 is 3.09 bits per heavy atom. The number of hydrogen-bond donors (Lipinski definition) is 1. The van der Waals surface area contributed by atoms with Gasteiger partial charge in [-0.25, -0.2) is 0 Å². The number of hydrogen-bond acceptors (Lipinski definition) is 3. The molecule has 1 aliphatic heterocycles. The van der Waals surface area contributed by atoms with Gasteiger partial charge in [0.1, 0.15) is 5.75 Å². The average Bonchev–Trinajstić information content (AvgIpc) is 2.52. The molecule has 1 fully saturated rings. The molecule has 0 saturated carbocycles. The second-order valence-corrected chi connectivity index (χ2v) is 6.17. The highest BCUT2D eigenvalue weighted by Crippen LogP contribution is 2.17. The van der Waals surface area contributed by atoms with Crippen molar-refractivity contribution in [2.45, 2.75) is 32.6 Å². The maximum atomic E-state index is 12.3. The Hall–Kier alpha value is -1.55. The molecule has 1 saturated heterocycles. The largest absolute Gasteiger partial charge is 0.494 e. The minimum Gasteiger partial charge on any atom is -0.494 e. The molecule has 122 valence electrons. The third-order valence-electron chi connectivity index (χ3n) is 4.16. The van der Waals surface area contributed by atoms with Crippen LogP contribution >= 0.6 is 0 Å². The second-order valence-electron chi connectivity index (χ2n) is 6.17. The summed E-state index contributed by atoms with van der Waals surface area (Å²) in [6.45, 7) is 5.47. The molecule has 22 heavy (non-hydrogen) atoms. The van der Waals surface area contributed by atoms with Gasteiger partial charge in [0.2, 0.25) is 5.91 Å². The zero-order chi connectivity index (χ0) is 15.8. The number of ether oxygens (including phenoxy) is 1. The van der Waals surface area contributed by atoms with Gasteiger partial charge in [0.15, 0.2) is 0 Å². The second kappa shape index (κ2) is 8.79. The van der Waals surface area contributed by atoms with Crippen molar-refractivity contribution in [3.63, 3.8) is 0 Å². The molecule has 0 aromatic heterocycles. The van der Waals surface area contributed by atoms with Gasteiger partial charge in [0, 0.05) is 19.5 Å². The third kappa shape index (κ3) is 5.34. The van der Waals surface area contributed by atoms with Crippen molar-refractivity contribution in [3.05, 3.63) is 29.8 Å². The molecule has 2 rings (SSSR count). The van der Waals surface area contributed by atoms with Crippen molar-refractivity contribution in [1.82, 2.24) is 10.2 Å². The highest BCUT2D eigenvalue weighted by atomic mass is 16.5. The summed E-state index contributed by atoms with van der Waals surface area (Å²) >= 11 is 0. The molecule has 1 amide bonds. The van der Waals surface area contributed by atoms with Crippen LogP contribution in [0.2, 0.25) is 0 Å². The molecular formula is C18H28N2O2.